The number of nitrogens with one attached hydrogen (secondary N) is 2. The summed E-state index contributed by atoms with van der Waals surface area (Å²) >= 11 is 1.56. The third-order valence-corrected chi connectivity index (χ3v) is 3.85. The van der Waals surface area contributed by atoms with Gasteiger partial charge in [0.2, 0.25) is 0 Å². The Morgan fingerprint density at radius 1 is 1.43 bits per heavy atom. The number of amides is 2. The van der Waals surface area contributed by atoms with Crippen molar-refractivity contribution in [1.29, 1.82) is 0 Å². The van der Waals surface area contributed by atoms with Gasteiger partial charge < -0.3 is 15.7 Å². The van der Waals surface area contributed by atoms with Crippen molar-refractivity contribution in [3.63, 3.8) is 0 Å². The molecule has 0 aliphatic heterocycles. The number of urea groups is 1. The molecule has 1 aromatic heterocycles. The predicted molar refractivity (Wildman–Crippen MR) is 81.4 cm³/mol. The lowest BCUT2D eigenvalue weighted by Gasteiger charge is -2.15. The molecule has 1 atom stereocenters. The largest absolute Gasteiger partial charge is 0.481 e. The van der Waals surface area contributed by atoms with Crippen molar-refractivity contribution in [2.45, 2.75) is 25.8 Å². The van der Waals surface area contributed by atoms with Gasteiger partial charge in [0.1, 0.15) is 0 Å². The zero-order valence-corrected chi connectivity index (χ0v) is 12.4. The van der Waals surface area contributed by atoms with Crippen LogP contribution in [-0.2, 0) is 4.79 Å². The van der Waals surface area contributed by atoms with Gasteiger partial charge in [-0.05, 0) is 31.0 Å². The predicted octanol–water partition coefficient (Wildman–Crippen LogP) is 2.52. The molecule has 0 aliphatic rings. The number of thiazole rings is 1. The molecule has 112 valence electrons. The smallest absolute Gasteiger partial charge is 0.315 e. The van der Waals surface area contributed by atoms with Gasteiger partial charge in [0, 0.05) is 13.0 Å². The van der Waals surface area contributed by atoms with Gasteiger partial charge >= 0.3 is 12.0 Å². The van der Waals surface area contributed by atoms with Crippen molar-refractivity contribution < 1.29 is 14.7 Å². The van der Waals surface area contributed by atoms with Crippen molar-refractivity contribution in [2.75, 3.05) is 6.54 Å². The Bertz CT molecular complexity index is 641. The van der Waals surface area contributed by atoms with E-state index in [4.69, 9.17) is 5.11 Å². The van der Waals surface area contributed by atoms with Crippen LogP contribution in [0.25, 0.3) is 10.2 Å². The third kappa shape index (κ3) is 4.42. The molecule has 21 heavy (non-hydrogen) atoms. The molecule has 1 aromatic carbocycles. The Kier molecular flexibility index (Phi) is 5.10. The first kappa shape index (κ1) is 15.2. The molecule has 1 unspecified atom stereocenters. The molecule has 0 fully saturated rings. The Balaban J connectivity index is 1.83. The second kappa shape index (κ2) is 7.03. The maximum Gasteiger partial charge on any atom is 0.315 e. The van der Waals surface area contributed by atoms with Crippen LogP contribution in [0.5, 0.6) is 0 Å². The first-order chi connectivity index (χ1) is 10.1. The van der Waals surface area contributed by atoms with Crippen LogP contribution >= 0.6 is 11.3 Å². The van der Waals surface area contributed by atoms with Crippen LogP contribution in [-0.4, -0.2) is 28.6 Å². The number of carbonyl (C=O) groups is 2. The summed E-state index contributed by atoms with van der Waals surface area (Å²) in [6.07, 6.45) is 0.474. The van der Waals surface area contributed by atoms with Gasteiger partial charge in [0.15, 0.2) is 0 Å². The minimum Gasteiger partial charge on any atom is -0.481 e. The Hall–Kier alpha value is -2.15. The highest BCUT2D eigenvalue weighted by Crippen LogP contribution is 2.22. The average Bonchev–Trinajstić information content (AvgIpc) is 2.90. The summed E-state index contributed by atoms with van der Waals surface area (Å²) in [7, 11) is 0. The zero-order valence-electron chi connectivity index (χ0n) is 11.6. The topological polar surface area (TPSA) is 91.3 Å². The number of hydrogen-bond donors (Lipinski definition) is 3. The molecule has 1 heterocycles. The van der Waals surface area contributed by atoms with Gasteiger partial charge in [-0.2, -0.15) is 0 Å². The van der Waals surface area contributed by atoms with Gasteiger partial charge in [-0.15, -0.1) is 11.3 Å². The monoisotopic (exact) mass is 307 g/mol. The number of hydrogen-bond acceptors (Lipinski definition) is 4. The minimum atomic E-state index is -0.858. The first-order valence-corrected chi connectivity index (χ1v) is 7.53. The van der Waals surface area contributed by atoms with Crippen molar-refractivity contribution in [3.05, 3.63) is 29.3 Å². The molecule has 2 rings (SSSR count). The molecular formula is C14H17N3O3S. The van der Waals surface area contributed by atoms with Crippen molar-refractivity contribution in [2.24, 2.45) is 0 Å². The molecule has 3 N–H and O–H groups in total. The number of aromatic nitrogens is 1. The number of carboxylic acids is 1. The maximum atomic E-state index is 11.7. The van der Waals surface area contributed by atoms with Crippen LogP contribution in [0, 0.1) is 0 Å². The second-order valence-electron chi connectivity index (χ2n) is 4.70. The first-order valence-electron chi connectivity index (χ1n) is 6.65. The Labute approximate surface area is 126 Å². The van der Waals surface area contributed by atoms with Crippen LogP contribution in [0.1, 0.15) is 31.4 Å². The summed E-state index contributed by atoms with van der Waals surface area (Å²) in [5, 5.41) is 14.0. The summed E-state index contributed by atoms with van der Waals surface area (Å²) in [5.41, 5.74) is 3.75. The summed E-state index contributed by atoms with van der Waals surface area (Å²) in [4.78, 5) is 26.3. The fraction of sp³-hybridized carbons (Fsp3) is 0.357. The normalized spacial score (nSPS) is 12.0. The highest BCUT2D eigenvalue weighted by Gasteiger charge is 2.10. The molecule has 6 nitrogen and oxygen atoms in total. The van der Waals surface area contributed by atoms with E-state index in [0.29, 0.717) is 13.0 Å². The highest BCUT2D eigenvalue weighted by molar-refractivity contribution is 7.16. The Morgan fingerprint density at radius 3 is 3.00 bits per heavy atom. The lowest BCUT2D eigenvalue weighted by atomic mass is 10.1. The van der Waals surface area contributed by atoms with E-state index in [0.717, 1.165) is 15.8 Å². The molecule has 2 aromatic rings. The number of fused-ring (bicyclic) bond motifs is 1. The van der Waals surface area contributed by atoms with Gasteiger partial charge in [-0.3, -0.25) is 4.79 Å². The van der Waals surface area contributed by atoms with E-state index in [2.05, 4.69) is 15.6 Å². The molecule has 7 heteroatoms. The van der Waals surface area contributed by atoms with E-state index < -0.39 is 5.97 Å². The summed E-state index contributed by atoms with van der Waals surface area (Å²) in [6, 6.07) is 5.47. The van der Waals surface area contributed by atoms with Crippen LogP contribution in [0.3, 0.4) is 0 Å². The second-order valence-corrected chi connectivity index (χ2v) is 5.59. The summed E-state index contributed by atoms with van der Waals surface area (Å²) < 4.78 is 1.09. The van der Waals surface area contributed by atoms with E-state index in [-0.39, 0.29) is 18.5 Å². The molecule has 0 aliphatic carbocycles. The number of nitrogens with zero attached hydrogens (tertiary/aromatic N) is 1. The van der Waals surface area contributed by atoms with Crippen LogP contribution in [0.2, 0.25) is 0 Å². The number of aliphatic carboxylic acids is 1. The van der Waals surface area contributed by atoms with E-state index in [1.807, 2.05) is 25.1 Å². The number of rotatable bonds is 6. The molecule has 0 radical (unpaired) electrons. The Morgan fingerprint density at radius 2 is 2.24 bits per heavy atom. The lowest BCUT2D eigenvalue weighted by Crippen LogP contribution is -2.37. The number of carbonyl (C=O) groups excluding carboxylic acids is 1. The van der Waals surface area contributed by atoms with E-state index in [9.17, 15) is 9.59 Å². The molecule has 0 bridgehead atoms. The quantitative estimate of drug-likeness (QED) is 0.715. The highest BCUT2D eigenvalue weighted by atomic mass is 32.1. The SMILES string of the molecule is CC(NC(=O)NCCCC(=O)O)c1ccc2ncsc2c1. The molecule has 0 saturated heterocycles. The summed E-state index contributed by atoms with van der Waals surface area (Å²) in [6.45, 7) is 2.25. The fourth-order valence-corrected chi connectivity index (χ4v) is 2.64. The van der Waals surface area contributed by atoms with Crippen molar-refractivity contribution in [3.8, 4) is 0 Å². The zero-order chi connectivity index (χ0) is 15.2. The fourth-order valence-electron chi connectivity index (χ4n) is 1.91. The van der Waals surface area contributed by atoms with Gasteiger partial charge in [0.25, 0.3) is 0 Å². The number of carboxylic acid groups (broad SMARTS) is 1. The van der Waals surface area contributed by atoms with Crippen molar-refractivity contribution in [1.82, 2.24) is 15.6 Å². The maximum absolute atomic E-state index is 11.7. The van der Waals surface area contributed by atoms with E-state index in [1.165, 1.54) is 0 Å². The molecule has 2 amide bonds. The van der Waals surface area contributed by atoms with Crippen molar-refractivity contribution >= 4 is 33.6 Å². The van der Waals surface area contributed by atoms with Crippen LogP contribution in [0.4, 0.5) is 4.79 Å². The minimum absolute atomic E-state index is 0.0535. The lowest BCUT2D eigenvalue weighted by molar-refractivity contribution is -0.137. The van der Waals surface area contributed by atoms with Crippen LogP contribution in [0.15, 0.2) is 23.7 Å². The molecular weight excluding hydrogens is 290 g/mol. The molecule has 0 saturated carbocycles. The number of benzene rings is 1. The van der Waals surface area contributed by atoms with E-state index in [1.54, 1.807) is 16.8 Å². The average molecular weight is 307 g/mol. The molecule has 0 spiro atoms. The van der Waals surface area contributed by atoms with Crippen LogP contribution < -0.4 is 10.6 Å². The summed E-state index contributed by atoms with van der Waals surface area (Å²) in [5.74, 6) is -0.858. The standard InChI is InChI=1S/C14H17N3O3S/c1-9(17-14(20)15-6-2-3-13(18)19)10-4-5-11-12(7-10)21-8-16-11/h4-5,7-9H,2-3,6H2,1H3,(H,18,19)(H2,15,17,20). The van der Waals surface area contributed by atoms with Gasteiger partial charge in [-0.1, -0.05) is 6.07 Å². The van der Waals surface area contributed by atoms with E-state index >= 15 is 0 Å². The van der Waals surface area contributed by atoms with Gasteiger partial charge in [0.05, 0.1) is 21.8 Å². The third-order valence-electron chi connectivity index (χ3n) is 3.06. The van der Waals surface area contributed by atoms with Gasteiger partial charge in [-0.25, -0.2) is 9.78 Å².